The van der Waals surface area contributed by atoms with E-state index in [1.165, 1.54) is 35.0 Å². The molecule has 1 aliphatic carbocycles. The minimum atomic E-state index is 0.317. The Balaban J connectivity index is 1.86. The average Bonchev–Trinajstić information content (AvgIpc) is 3.23. The van der Waals surface area contributed by atoms with Crippen molar-refractivity contribution in [3.63, 3.8) is 0 Å². The third kappa shape index (κ3) is 3.33. The van der Waals surface area contributed by atoms with Crippen molar-refractivity contribution >= 4 is 10.9 Å². The summed E-state index contributed by atoms with van der Waals surface area (Å²) in [5, 5.41) is 9.92. The monoisotopic (exact) mass is 301 g/mol. The first-order chi connectivity index (χ1) is 10.7. The lowest BCUT2D eigenvalue weighted by molar-refractivity contribution is 0.191. The third-order valence-corrected chi connectivity index (χ3v) is 4.44. The number of fused-ring (bicyclic) bond motifs is 1. The molecular weight excluding hydrogens is 274 g/mol. The Morgan fingerprint density at radius 1 is 1.36 bits per heavy atom. The van der Waals surface area contributed by atoms with Crippen LogP contribution in [0.1, 0.15) is 49.9 Å². The molecule has 2 aromatic rings. The van der Waals surface area contributed by atoms with Gasteiger partial charge in [-0.25, -0.2) is 0 Å². The predicted octanol–water partition coefficient (Wildman–Crippen LogP) is 3.58. The fourth-order valence-electron chi connectivity index (χ4n) is 3.11. The van der Waals surface area contributed by atoms with Crippen LogP contribution in [0.15, 0.2) is 18.2 Å². The number of unbranched alkanes of at least 4 members (excludes halogenated alkanes) is 1. The molecule has 0 amide bonds. The number of aromatic nitrogens is 2. The molecule has 0 aliphatic heterocycles. The normalized spacial score (nSPS) is 16.3. The molecule has 0 bridgehead atoms. The molecule has 22 heavy (non-hydrogen) atoms. The summed E-state index contributed by atoms with van der Waals surface area (Å²) in [5.41, 5.74) is 3.79. The van der Waals surface area contributed by atoms with Crippen LogP contribution in [0.25, 0.3) is 10.9 Å². The largest absolute Gasteiger partial charge is 0.385 e. The number of hydrogen-bond acceptors (Lipinski definition) is 3. The van der Waals surface area contributed by atoms with Gasteiger partial charge in [-0.05, 0) is 45.1 Å². The van der Waals surface area contributed by atoms with E-state index in [0.717, 1.165) is 26.0 Å². The topological polar surface area (TPSA) is 39.1 Å². The molecule has 3 rings (SSSR count). The fourth-order valence-corrected chi connectivity index (χ4v) is 3.11. The Morgan fingerprint density at radius 2 is 2.18 bits per heavy atom. The SMILES string of the molecule is COCCCCn1nc(C(C)NC2CC2)c2cccc(C)c21. The number of methoxy groups -OCH3 is 1. The molecule has 4 heteroatoms. The third-order valence-electron chi connectivity index (χ3n) is 4.44. The lowest BCUT2D eigenvalue weighted by Crippen LogP contribution is -2.21. The lowest BCUT2D eigenvalue weighted by atomic mass is 10.1. The number of hydrogen-bond donors (Lipinski definition) is 1. The molecule has 1 heterocycles. The summed E-state index contributed by atoms with van der Waals surface area (Å²) < 4.78 is 7.34. The molecule has 120 valence electrons. The van der Waals surface area contributed by atoms with Gasteiger partial charge in [0.15, 0.2) is 0 Å². The van der Waals surface area contributed by atoms with E-state index < -0.39 is 0 Å². The molecule has 1 atom stereocenters. The van der Waals surface area contributed by atoms with E-state index in [1.807, 2.05) is 0 Å². The number of rotatable bonds is 8. The summed E-state index contributed by atoms with van der Waals surface area (Å²) in [7, 11) is 1.76. The van der Waals surface area contributed by atoms with Crippen LogP contribution in [0, 0.1) is 6.92 Å². The van der Waals surface area contributed by atoms with Gasteiger partial charge in [-0.1, -0.05) is 18.2 Å². The Hall–Kier alpha value is -1.39. The number of para-hydroxylation sites is 1. The van der Waals surface area contributed by atoms with E-state index in [4.69, 9.17) is 9.84 Å². The van der Waals surface area contributed by atoms with Crippen LogP contribution in [0.5, 0.6) is 0 Å². The highest BCUT2D eigenvalue weighted by Gasteiger charge is 2.25. The number of ether oxygens (including phenoxy) is 1. The molecule has 1 N–H and O–H groups in total. The summed E-state index contributed by atoms with van der Waals surface area (Å²) in [5.74, 6) is 0. The van der Waals surface area contributed by atoms with Crippen molar-refractivity contribution in [1.29, 1.82) is 0 Å². The maximum Gasteiger partial charge on any atom is 0.0869 e. The van der Waals surface area contributed by atoms with Gasteiger partial charge in [-0.3, -0.25) is 4.68 Å². The van der Waals surface area contributed by atoms with Gasteiger partial charge in [-0.2, -0.15) is 5.10 Å². The molecule has 1 fully saturated rings. The maximum atomic E-state index is 5.15. The van der Waals surface area contributed by atoms with Gasteiger partial charge >= 0.3 is 0 Å². The summed E-state index contributed by atoms with van der Waals surface area (Å²) in [4.78, 5) is 0. The first-order valence-corrected chi connectivity index (χ1v) is 8.41. The predicted molar refractivity (Wildman–Crippen MR) is 90.2 cm³/mol. The summed E-state index contributed by atoms with van der Waals surface area (Å²) in [6.07, 6.45) is 4.79. The Bertz CT molecular complexity index is 631. The smallest absolute Gasteiger partial charge is 0.0869 e. The number of nitrogens with zero attached hydrogens (tertiary/aromatic N) is 2. The van der Waals surface area contributed by atoms with E-state index in [-0.39, 0.29) is 0 Å². The number of aryl methyl sites for hydroxylation is 2. The van der Waals surface area contributed by atoms with Crippen molar-refractivity contribution in [3.8, 4) is 0 Å². The minimum absolute atomic E-state index is 0.317. The molecule has 4 nitrogen and oxygen atoms in total. The van der Waals surface area contributed by atoms with Gasteiger partial charge in [0.05, 0.1) is 11.2 Å². The van der Waals surface area contributed by atoms with Gasteiger partial charge in [0.25, 0.3) is 0 Å². The average molecular weight is 301 g/mol. The van der Waals surface area contributed by atoms with Gasteiger partial charge in [0, 0.05) is 37.7 Å². The molecule has 1 unspecified atom stereocenters. The van der Waals surface area contributed by atoms with Crippen molar-refractivity contribution < 1.29 is 4.74 Å². The Morgan fingerprint density at radius 3 is 2.91 bits per heavy atom. The second-order valence-electron chi connectivity index (χ2n) is 6.44. The Labute approximate surface area is 132 Å². The quantitative estimate of drug-likeness (QED) is 0.757. The molecule has 1 saturated carbocycles. The van der Waals surface area contributed by atoms with Crippen molar-refractivity contribution in [2.75, 3.05) is 13.7 Å². The zero-order valence-electron chi connectivity index (χ0n) is 13.9. The summed E-state index contributed by atoms with van der Waals surface area (Å²) in [6.45, 7) is 6.20. The second-order valence-corrected chi connectivity index (χ2v) is 6.44. The van der Waals surface area contributed by atoms with E-state index >= 15 is 0 Å². The van der Waals surface area contributed by atoms with Crippen LogP contribution in [0.2, 0.25) is 0 Å². The van der Waals surface area contributed by atoms with Crippen molar-refractivity contribution in [1.82, 2.24) is 15.1 Å². The van der Waals surface area contributed by atoms with Crippen LogP contribution in [0.4, 0.5) is 0 Å². The lowest BCUT2D eigenvalue weighted by Gasteiger charge is -2.10. The van der Waals surface area contributed by atoms with E-state index in [1.54, 1.807) is 7.11 Å². The Kier molecular flexibility index (Phi) is 4.79. The van der Waals surface area contributed by atoms with Crippen LogP contribution in [-0.4, -0.2) is 29.5 Å². The van der Waals surface area contributed by atoms with Crippen molar-refractivity contribution in [2.45, 2.75) is 58.2 Å². The first-order valence-electron chi connectivity index (χ1n) is 8.41. The highest BCUT2D eigenvalue weighted by molar-refractivity contribution is 5.85. The molecule has 0 saturated heterocycles. The first kappa shape index (κ1) is 15.5. The van der Waals surface area contributed by atoms with Crippen molar-refractivity contribution in [3.05, 3.63) is 29.5 Å². The highest BCUT2D eigenvalue weighted by Crippen LogP contribution is 2.29. The fraction of sp³-hybridized carbons (Fsp3) is 0.611. The number of nitrogens with one attached hydrogen (secondary N) is 1. The number of benzene rings is 1. The van der Waals surface area contributed by atoms with Crippen LogP contribution in [-0.2, 0) is 11.3 Å². The molecular formula is C18H27N3O. The molecule has 1 aromatic heterocycles. The van der Waals surface area contributed by atoms with Crippen LogP contribution < -0.4 is 5.32 Å². The summed E-state index contributed by atoms with van der Waals surface area (Å²) >= 11 is 0. The van der Waals surface area contributed by atoms with Gasteiger partial charge in [0.2, 0.25) is 0 Å². The molecule has 0 spiro atoms. The van der Waals surface area contributed by atoms with E-state index in [0.29, 0.717) is 12.1 Å². The zero-order valence-corrected chi connectivity index (χ0v) is 13.9. The summed E-state index contributed by atoms with van der Waals surface area (Å²) in [6, 6.07) is 7.54. The second kappa shape index (κ2) is 6.80. The van der Waals surface area contributed by atoms with Gasteiger partial charge in [0.1, 0.15) is 0 Å². The van der Waals surface area contributed by atoms with Crippen molar-refractivity contribution in [2.24, 2.45) is 0 Å². The van der Waals surface area contributed by atoms with Crippen LogP contribution >= 0.6 is 0 Å². The highest BCUT2D eigenvalue weighted by atomic mass is 16.5. The molecule has 0 radical (unpaired) electrons. The molecule has 1 aliphatic rings. The van der Waals surface area contributed by atoms with Crippen LogP contribution in [0.3, 0.4) is 0 Å². The maximum absolute atomic E-state index is 5.15. The van der Waals surface area contributed by atoms with Gasteiger partial charge < -0.3 is 10.1 Å². The van der Waals surface area contributed by atoms with E-state index in [2.05, 4.69) is 42.0 Å². The molecule has 1 aromatic carbocycles. The minimum Gasteiger partial charge on any atom is -0.385 e. The van der Waals surface area contributed by atoms with Gasteiger partial charge in [-0.15, -0.1) is 0 Å². The standard InChI is InChI=1S/C18H27N3O/c1-13-7-6-8-16-17(14(2)19-15-9-10-15)20-21(18(13)16)11-4-5-12-22-3/h6-8,14-15,19H,4-5,9-12H2,1-3H3. The van der Waals surface area contributed by atoms with E-state index in [9.17, 15) is 0 Å². The zero-order chi connectivity index (χ0) is 15.5.